The van der Waals surface area contributed by atoms with Gasteiger partial charge in [-0.1, -0.05) is 29.0 Å². The van der Waals surface area contributed by atoms with Crippen LogP contribution in [0.3, 0.4) is 0 Å². The first kappa shape index (κ1) is 24.2. The Morgan fingerprint density at radius 1 is 1.29 bits per heavy atom. The number of aromatic nitrogens is 2. The Hall–Kier alpha value is -2.91. The van der Waals surface area contributed by atoms with Gasteiger partial charge in [0.25, 0.3) is 5.91 Å². The SMILES string of the molecule is Cc1nc2sc(Cl)cn2c1C(=O)NCc1ccc(N2CCN(S(=O)(=O)C(F)(F)F)C=N2)c(F)c1. The number of anilines is 1. The highest BCUT2D eigenvalue weighted by molar-refractivity contribution is 7.90. The molecule has 1 aliphatic rings. The number of imidazole rings is 1. The van der Waals surface area contributed by atoms with Gasteiger partial charge in [0.1, 0.15) is 22.2 Å². The fourth-order valence-electron chi connectivity index (χ4n) is 3.26. The largest absolute Gasteiger partial charge is 0.516 e. The number of nitrogens with zero attached hydrogens (tertiary/aromatic N) is 5. The lowest BCUT2D eigenvalue weighted by Gasteiger charge is -2.29. The number of hydrazone groups is 1. The van der Waals surface area contributed by atoms with Crippen LogP contribution in [0.5, 0.6) is 0 Å². The van der Waals surface area contributed by atoms with E-state index in [9.17, 15) is 30.8 Å². The number of amides is 1. The number of aryl methyl sites for hydroxylation is 1. The average molecular weight is 539 g/mol. The van der Waals surface area contributed by atoms with E-state index < -0.39 is 33.8 Å². The van der Waals surface area contributed by atoms with Crippen molar-refractivity contribution in [2.24, 2.45) is 5.10 Å². The number of sulfonamides is 1. The molecule has 0 aliphatic carbocycles. The molecule has 3 aromatic rings. The standard InChI is InChI=1S/C18H15ClF4N6O3S2/c1-10-15(28-8-14(19)33-17(28)26-10)16(30)24-7-11-2-3-13(12(20)6-11)29-5-4-27(9-25-29)34(31,32)18(21,22)23/h2-3,6,8-9H,4-5,7H2,1H3,(H,24,30). The van der Waals surface area contributed by atoms with Gasteiger partial charge < -0.3 is 5.32 Å². The van der Waals surface area contributed by atoms with Crippen LogP contribution in [0, 0.1) is 12.7 Å². The van der Waals surface area contributed by atoms with E-state index in [1.165, 1.54) is 23.5 Å². The van der Waals surface area contributed by atoms with Crippen molar-refractivity contribution in [1.29, 1.82) is 0 Å². The maximum Gasteiger partial charge on any atom is 0.516 e. The van der Waals surface area contributed by atoms with Gasteiger partial charge in [0.2, 0.25) is 0 Å². The van der Waals surface area contributed by atoms with Gasteiger partial charge in [-0.25, -0.2) is 13.7 Å². The molecule has 1 aliphatic heterocycles. The average Bonchev–Trinajstić information content (AvgIpc) is 3.25. The minimum absolute atomic E-state index is 0.0125. The first-order valence-corrected chi connectivity index (χ1v) is 12.1. The van der Waals surface area contributed by atoms with Gasteiger partial charge in [-0.2, -0.15) is 26.7 Å². The predicted molar refractivity (Wildman–Crippen MR) is 118 cm³/mol. The second kappa shape index (κ2) is 8.70. The third kappa shape index (κ3) is 4.42. The molecule has 1 amide bonds. The second-order valence-corrected chi connectivity index (χ2v) is 10.6. The summed E-state index contributed by atoms with van der Waals surface area (Å²) < 4.78 is 77.6. The predicted octanol–water partition coefficient (Wildman–Crippen LogP) is 3.34. The number of alkyl halides is 3. The monoisotopic (exact) mass is 538 g/mol. The summed E-state index contributed by atoms with van der Waals surface area (Å²) in [6.45, 7) is 0.811. The minimum Gasteiger partial charge on any atom is -0.347 e. The second-order valence-electron chi connectivity index (χ2n) is 7.12. The van der Waals surface area contributed by atoms with Gasteiger partial charge in [0.05, 0.1) is 24.5 Å². The highest BCUT2D eigenvalue weighted by Crippen LogP contribution is 2.29. The van der Waals surface area contributed by atoms with Crippen LogP contribution in [0.15, 0.2) is 29.5 Å². The number of carbonyl (C=O) groups excluding carboxylic acids is 1. The Morgan fingerprint density at radius 2 is 2.03 bits per heavy atom. The van der Waals surface area contributed by atoms with Crippen molar-refractivity contribution >= 4 is 55.9 Å². The summed E-state index contributed by atoms with van der Waals surface area (Å²) in [7, 11) is -5.56. The van der Waals surface area contributed by atoms with E-state index in [2.05, 4.69) is 15.4 Å². The van der Waals surface area contributed by atoms with E-state index in [1.54, 1.807) is 17.5 Å². The molecule has 1 N–H and O–H groups in total. The van der Waals surface area contributed by atoms with E-state index in [4.69, 9.17) is 11.6 Å². The van der Waals surface area contributed by atoms with Crippen molar-refractivity contribution in [1.82, 2.24) is 19.0 Å². The summed E-state index contributed by atoms with van der Waals surface area (Å²) in [5.41, 5.74) is -4.30. The normalized spacial score (nSPS) is 14.8. The molecular formula is C18H15ClF4N6O3S2. The van der Waals surface area contributed by atoms with Crippen LogP contribution in [0.1, 0.15) is 21.7 Å². The van der Waals surface area contributed by atoms with Crippen molar-refractivity contribution in [2.45, 2.75) is 19.0 Å². The molecule has 1 aromatic carbocycles. The zero-order chi connectivity index (χ0) is 24.8. The van der Waals surface area contributed by atoms with E-state index in [1.807, 2.05) is 0 Å². The number of nitrogens with one attached hydrogen (secondary N) is 1. The molecule has 4 rings (SSSR count). The summed E-state index contributed by atoms with van der Waals surface area (Å²) in [6, 6.07) is 3.99. The van der Waals surface area contributed by atoms with Gasteiger partial charge in [0.15, 0.2) is 4.96 Å². The summed E-state index contributed by atoms with van der Waals surface area (Å²) in [5, 5.41) is 7.35. The highest BCUT2D eigenvalue weighted by atomic mass is 35.5. The van der Waals surface area contributed by atoms with Crippen LogP contribution in [-0.4, -0.2) is 53.0 Å². The molecule has 34 heavy (non-hydrogen) atoms. The lowest BCUT2D eigenvalue weighted by Crippen LogP contribution is -2.46. The van der Waals surface area contributed by atoms with Gasteiger partial charge in [-0.15, -0.1) is 0 Å². The Balaban J connectivity index is 1.44. The smallest absolute Gasteiger partial charge is 0.347 e. The maximum absolute atomic E-state index is 14.7. The third-order valence-corrected chi connectivity index (χ3v) is 7.46. The van der Waals surface area contributed by atoms with Gasteiger partial charge in [-0.05, 0) is 24.6 Å². The van der Waals surface area contributed by atoms with Crippen LogP contribution in [0.4, 0.5) is 23.2 Å². The molecule has 16 heteroatoms. The van der Waals surface area contributed by atoms with E-state index >= 15 is 0 Å². The molecule has 2 aromatic heterocycles. The molecule has 3 heterocycles. The first-order chi connectivity index (χ1) is 15.9. The van der Waals surface area contributed by atoms with Crippen LogP contribution in [0.2, 0.25) is 4.34 Å². The fraction of sp³-hybridized carbons (Fsp3) is 0.278. The van der Waals surface area contributed by atoms with Crippen molar-refractivity contribution in [2.75, 3.05) is 18.1 Å². The molecule has 0 saturated heterocycles. The molecule has 0 saturated carbocycles. The third-order valence-electron chi connectivity index (χ3n) is 4.88. The van der Waals surface area contributed by atoms with E-state index in [0.717, 1.165) is 11.1 Å². The topological polar surface area (TPSA) is 99.4 Å². The van der Waals surface area contributed by atoms with Crippen LogP contribution >= 0.6 is 22.9 Å². The lowest BCUT2D eigenvalue weighted by atomic mass is 10.2. The highest BCUT2D eigenvalue weighted by Gasteiger charge is 2.50. The number of hydrogen-bond acceptors (Lipinski definition) is 7. The molecule has 0 radical (unpaired) electrons. The van der Waals surface area contributed by atoms with Crippen LogP contribution in [-0.2, 0) is 16.6 Å². The first-order valence-electron chi connectivity index (χ1n) is 9.49. The summed E-state index contributed by atoms with van der Waals surface area (Å²) in [6.07, 6.45) is 2.07. The van der Waals surface area contributed by atoms with E-state index in [-0.39, 0.29) is 23.1 Å². The summed E-state index contributed by atoms with van der Waals surface area (Å²) >= 11 is 7.18. The molecule has 182 valence electrons. The molecule has 9 nitrogen and oxygen atoms in total. The summed E-state index contributed by atoms with van der Waals surface area (Å²) in [5.74, 6) is -1.18. The van der Waals surface area contributed by atoms with Gasteiger partial charge in [0, 0.05) is 12.7 Å². The lowest BCUT2D eigenvalue weighted by molar-refractivity contribution is -0.0471. The fourth-order valence-corrected chi connectivity index (χ4v) is 5.08. The Bertz CT molecular complexity index is 1400. The number of thiazole rings is 1. The molecule has 0 bridgehead atoms. The molecule has 0 unspecified atom stereocenters. The molecule has 0 fully saturated rings. The minimum atomic E-state index is -5.56. The van der Waals surface area contributed by atoms with Crippen molar-refractivity contribution in [3.63, 3.8) is 0 Å². The molecular weight excluding hydrogens is 524 g/mol. The maximum atomic E-state index is 14.7. The van der Waals surface area contributed by atoms with Crippen molar-refractivity contribution < 1.29 is 30.8 Å². The van der Waals surface area contributed by atoms with Gasteiger partial charge in [-0.3, -0.25) is 14.2 Å². The molecule has 0 atom stereocenters. The number of benzene rings is 1. The zero-order valence-corrected chi connectivity index (χ0v) is 19.6. The zero-order valence-electron chi connectivity index (χ0n) is 17.2. The Kier molecular flexibility index (Phi) is 6.20. The Labute approximate surface area is 199 Å². The number of fused-ring (bicyclic) bond motifs is 1. The van der Waals surface area contributed by atoms with E-state index in [0.29, 0.717) is 32.6 Å². The van der Waals surface area contributed by atoms with Crippen molar-refractivity contribution in [3.05, 3.63) is 51.5 Å². The van der Waals surface area contributed by atoms with Crippen LogP contribution < -0.4 is 10.3 Å². The number of halogens is 5. The summed E-state index contributed by atoms with van der Waals surface area (Å²) in [4.78, 5) is 17.5. The van der Waals surface area contributed by atoms with Crippen molar-refractivity contribution in [3.8, 4) is 0 Å². The van der Waals surface area contributed by atoms with Gasteiger partial charge >= 0.3 is 15.5 Å². The molecule has 0 spiro atoms. The number of rotatable bonds is 5. The number of hydrogen-bond donors (Lipinski definition) is 1. The number of carbonyl (C=O) groups is 1. The van der Waals surface area contributed by atoms with Crippen LogP contribution in [0.25, 0.3) is 4.96 Å². The quantitative estimate of drug-likeness (QED) is 0.502. The Morgan fingerprint density at radius 3 is 2.65 bits per heavy atom.